The molecule has 3 rings (SSSR count). The van der Waals surface area contributed by atoms with Crippen molar-refractivity contribution in [3.63, 3.8) is 0 Å². The topological polar surface area (TPSA) is 79.3 Å². The van der Waals surface area contributed by atoms with Crippen molar-refractivity contribution in [3.8, 4) is 5.69 Å². The van der Waals surface area contributed by atoms with Crippen molar-refractivity contribution in [2.45, 2.75) is 27.7 Å². The molecule has 3 amide bonds. The molecule has 0 fully saturated rings. The fourth-order valence-electron chi connectivity index (χ4n) is 3.42. The fraction of sp³-hybridized carbons (Fsp3) is 0.261. The van der Waals surface area contributed by atoms with E-state index in [0.717, 1.165) is 33.8 Å². The summed E-state index contributed by atoms with van der Waals surface area (Å²) >= 11 is 0. The highest BCUT2D eigenvalue weighted by atomic mass is 16.2. The van der Waals surface area contributed by atoms with E-state index in [1.165, 1.54) is 4.90 Å². The molecule has 0 radical (unpaired) electrons. The number of amides is 3. The van der Waals surface area contributed by atoms with Crippen LogP contribution in [0.1, 0.15) is 22.4 Å². The molecule has 7 heteroatoms. The van der Waals surface area contributed by atoms with E-state index in [1.807, 2.05) is 64.1 Å². The van der Waals surface area contributed by atoms with E-state index >= 15 is 0 Å². The Labute approximate surface area is 176 Å². The number of urea groups is 1. The van der Waals surface area contributed by atoms with Gasteiger partial charge >= 0.3 is 6.03 Å². The van der Waals surface area contributed by atoms with E-state index in [1.54, 1.807) is 24.0 Å². The maximum absolute atomic E-state index is 12.6. The first kappa shape index (κ1) is 21.1. The number of benzene rings is 2. The number of hydrogen-bond acceptors (Lipinski definition) is 3. The van der Waals surface area contributed by atoms with Crippen LogP contribution in [-0.4, -0.2) is 40.2 Å². The first-order valence-corrected chi connectivity index (χ1v) is 9.75. The van der Waals surface area contributed by atoms with E-state index in [-0.39, 0.29) is 18.5 Å². The van der Waals surface area contributed by atoms with E-state index in [9.17, 15) is 9.59 Å². The Bertz CT molecular complexity index is 1060. The van der Waals surface area contributed by atoms with Crippen molar-refractivity contribution < 1.29 is 9.59 Å². The van der Waals surface area contributed by atoms with Gasteiger partial charge in [-0.1, -0.05) is 23.8 Å². The van der Waals surface area contributed by atoms with E-state index < -0.39 is 0 Å². The van der Waals surface area contributed by atoms with Gasteiger partial charge < -0.3 is 15.5 Å². The summed E-state index contributed by atoms with van der Waals surface area (Å²) in [6.07, 6.45) is 1.73. The lowest BCUT2D eigenvalue weighted by Crippen LogP contribution is -2.37. The molecule has 0 aliphatic rings. The Balaban J connectivity index is 1.63. The summed E-state index contributed by atoms with van der Waals surface area (Å²) in [4.78, 5) is 26.4. The largest absolute Gasteiger partial charge is 0.324 e. The minimum absolute atomic E-state index is 0.0590. The molecular formula is C23H27N5O2. The molecule has 156 valence electrons. The van der Waals surface area contributed by atoms with Gasteiger partial charge in [0.15, 0.2) is 0 Å². The summed E-state index contributed by atoms with van der Waals surface area (Å²) in [6, 6.07) is 13.0. The number of aromatic nitrogens is 2. The molecule has 2 aromatic carbocycles. The van der Waals surface area contributed by atoms with Crippen molar-refractivity contribution in [1.82, 2.24) is 14.7 Å². The van der Waals surface area contributed by atoms with E-state index in [0.29, 0.717) is 5.69 Å². The predicted octanol–water partition coefficient (Wildman–Crippen LogP) is 4.21. The first-order chi connectivity index (χ1) is 14.2. The first-order valence-electron chi connectivity index (χ1n) is 9.75. The molecule has 0 atom stereocenters. The summed E-state index contributed by atoms with van der Waals surface area (Å²) < 4.78 is 1.79. The Morgan fingerprint density at radius 1 is 1.00 bits per heavy atom. The molecule has 0 unspecified atom stereocenters. The highest BCUT2D eigenvalue weighted by Gasteiger charge is 2.15. The number of likely N-dealkylation sites (N-methyl/N-ethyl adjacent to an activating group) is 1. The Morgan fingerprint density at radius 3 is 2.33 bits per heavy atom. The SMILES string of the molecule is Cc1cc(C)c(NC(=O)CN(C)C(=O)Nc2cccc(-n3nccc3C)c2)c(C)c1. The second kappa shape index (κ2) is 8.82. The Morgan fingerprint density at radius 2 is 1.70 bits per heavy atom. The summed E-state index contributed by atoms with van der Waals surface area (Å²) in [5, 5.41) is 10.0. The van der Waals surface area contributed by atoms with Crippen LogP contribution in [0.2, 0.25) is 0 Å². The number of nitrogens with one attached hydrogen (secondary N) is 2. The molecule has 0 saturated carbocycles. The zero-order valence-electron chi connectivity index (χ0n) is 18.0. The number of anilines is 2. The molecular weight excluding hydrogens is 378 g/mol. The summed E-state index contributed by atoms with van der Waals surface area (Å²) in [5.41, 5.74) is 6.41. The van der Waals surface area contributed by atoms with Gasteiger partial charge in [-0.3, -0.25) is 4.79 Å². The standard InChI is InChI=1S/C23H27N5O2/c1-15-11-16(2)22(17(3)12-15)26-21(29)14-27(5)23(30)25-19-7-6-8-20(13-19)28-18(4)9-10-24-28/h6-13H,14H2,1-5H3,(H,25,30)(H,26,29). The smallest absolute Gasteiger partial charge is 0.322 e. The molecule has 0 saturated heterocycles. The quantitative estimate of drug-likeness (QED) is 0.667. The lowest BCUT2D eigenvalue weighted by atomic mass is 10.1. The van der Waals surface area contributed by atoms with Crippen LogP contribution in [0.3, 0.4) is 0 Å². The van der Waals surface area contributed by atoms with Crippen LogP contribution >= 0.6 is 0 Å². The van der Waals surface area contributed by atoms with Crippen LogP contribution in [0.4, 0.5) is 16.2 Å². The second-order valence-corrected chi connectivity index (χ2v) is 7.54. The molecule has 0 spiro atoms. The highest BCUT2D eigenvalue weighted by Crippen LogP contribution is 2.22. The lowest BCUT2D eigenvalue weighted by Gasteiger charge is -2.19. The van der Waals surface area contributed by atoms with Gasteiger partial charge in [-0.15, -0.1) is 0 Å². The molecule has 0 bridgehead atoms. The fourth-order valence-corrected chi connectivity index (χ4v) is 3.42. The molecule has 1 aromatic heterocycles. The zero-order valence-corrected chi connectivity index (χ0v) is 18.0. The van der Waals surface area contributed by atoms with Gasteiger partial charge in [0, 0.05) is 30.3 Å². The van der Waals surface area contributed by atoms with Gasteiger partial charge in [0.2, 0.25) is 5.91 Å². The number of hydrogen-bond donors (Lipinski definition) is 2. The summed E-state index contributed by atoms with van der Waals surface area (Å²) in [7, 11) is 1.59. The third-order valence-corrected chi connectivity index (χ3v) is 4.84. The highest BCUT2D eigenvalue weighted by molar-refractivity contribution is 5.97. The maximum atomic E-state index is 12.6. The minimum atomic E-state index is -0.364. The monoisotopic (exact) mass is 405 g/mol. The van der Waals surface area contributed by atoms with Crippen molar-refractivity contribution in [3.05, 3.63) is 71.0 Å². The van der Waals surface area contributed by atoms with Crippen LogP contribution in [0.15, 0.2) is 48.7 Å². The van der Waals surface area contributed by atoms with Gasteiger partial charge in [0.1, 0.15) is 6.54 Å². The minimum Gasteiger partial charge on any atom is -0.324 e. The average molecular weight is 406 g/mol. The second-order valence-electron chi connectivity index (χ2n) is 7.54. The Hall–Kier alpha value is -3.61. The third kappa shape index (κ3) is 4.86. The van der Waals surface area contributed by atoms with Crippen LogP contribution in [-0.2, 0) is 4.79 Å². The van der Waals surface area contributed by atoms with Crippen molar-refractivity contribution in [1.29, 1.82) is 0 Å². The van der Waals surface area contributed by atoms with Gasteiger partial charge in [-0.2, -0.15) is 5.10 Å². The van der Waals surface area contributed by atoms with Crippen LogP contribution < -0.4 is 10.6 Å². The number of carbonyl (C=O) groups is 2. The molecule has 0 aliphatic heterocycles. The van der Waals surface area contributed by atoms with Gasteiger partial charge in [-0.05, 0) is 63.1 Å². The number of aryl methyl sites for hydroxylation is 4. The van der Waals surface area contributed by atoms with Crippen LogP contribution in [0, 0.1) is 27.7 Å². The van der Waals surface area contributed by atoms with E-state index in [2.05, 4.69) is 15.7 Å². The number of rotatable bonds is 5. The molecule has 3 aromatic rings. The molecule has 2 N–H and O–H groups in total. The van der Waals surface area contributed by atoms with Crippen LogP contribution in [0.25, 0.3) is 5.69 Å². The van der Waals surface area contributed by atoms with E-state index in [4.69, 9.17) is 0 Å². The molecule has 30 heavy (non-hydrogen) atoms. The number of carbonyl (C=O) groups excluding carboxylic acids is 2. The van der Waals surface area contributed by atoms with Gasteiger partial charge in [0.05, 0.1) is 5.69 Å². The van der Waals surface area contributed by atoms with Crippen molar-refractivity contribution in [2.75, 3.05) is 24.2 Å². The van der Waals surface area contributed by atoms with Crippen LogP contribution in [0.5, 0.6) is 0 Å². The number of nitrogens with zero attached hydrogens (tertiary/aromatic N) is 3. The average Bonchev–Trinajstić information content (AvgIpc) is 3.10. The zero-order chi connectivity index (χ0) is 21.8. The normalized spacial score (nSPS) is 10.6. The summed E-state index contributed by atoms with van der Waals surface area (Å²) in [5.74, 6) is -0.247. The van der Waals surface area contributed by atoms with Crippen molar-refractivity contribution >= 4 is 23.3 Å². The predicted molar refractivity (Wildman–Crippen MR) is 119 cm³/mol. The third-order valence-electron chi connectivity index (χ3n) is 4.84. The molecule has 1 heterocycles. The van der Waals surface area contributed by atoms with Gasteiger partial charge in [-0.25, -0.2) is 9.48 Å². The lowest BCUT2D eigenvalue weighted by molar-refractivity contribution is -0.116. The Kier molecular flexibility index (Phi) is 6.20. The van der Waals surface area contributed by atoms with Crippen molar-refractivity contribution in [2.24, 2.45) is 0 Å². The maximum Gasteiger partial charge on any atom is 0.322 e. The summed E-state index contributed by atoms with van der Waals surface area (Å²) in [6.45, 7) is 7.84. The molecule has 7 nitrogen and oxygen atoms in total. The molecule has 0 aliphatic carbocycles. The van der Waals surface area contributed by atoms with Gasteiger partial charge in [0.25, 0.3) is 0 Å².